The van der Waals surface area contributed by atoms with Gasteiger partial charge in [-0.2, -0.15) is 0 Å². The Kier molecular flexibility index (Phi) is 4.46. The Morgan fingerprint density at radius 3 is 2.70 bits per heavy atom. The Labute approximate surface area is 146 Å². The maximum absolute atomic E-state index is 12.1. The Bertz CT molecular complexity index is 825. The van der Waals surface area contributed by atoms with Gasteiger partial charge >= 0.3 is 0 Å². The highest BCUT2D eigenvalue weighted by atomic mass is 79.9. The lowest BCUT2D eigenvalue weighted by Gasteiger charge is -2.06. The number of halogens is 1. The van der Waals surface area contributed by atoms with Gasteiger partial charge in [-0.25, -0.2) is 0 Å². The number of likely N-dealkylation sites (N-methyl/N-ethyl adjacent to an activating group) is 1. The fourth-order valence-corrected chi connectivity index (χ4v) is 3.41. The summed E-state index contributed by atoms with van der Waals surface area (Å²) in [5.41, 5.74) is 2.08. The number of imide groups is 1. The summed E-state index contributed by atoms with van der Waals surface area (Å²) in [5, 5.41) is -0.237. The van der Waals surface area contributed by atoms with Crippen LogP contribution in [0.3, 0.4) is 0 Å². The van der Waals surface area contributed by atoms with E-state index in [1.165, 1.54) is 4.90 Å². The molecule has 3 rings (SSSR count). The molecule has 0 unspecified atom stereocenters. The van der Waals surface area contributed by atoms with Crippen LogP contribution in [0.15, 0.2) is 44.1 Å². The number of aryl methyl sites for hydroxylation is 1. The third-order valence-electron chi connectivity index (χ3n) is 3.53. The van der Waals surface area contributed by atoms with Crippen molar-refractivity contribution in [3.05, 3.63) is 51.0 Å². The van der Waals surface area contributed by atoms with Crippen LogP contribution < -0.4 is 0 Å². The number of rotatable bonds is 3. The number of furan rings is 1. The van der Waals surface area contributed by atoms with Crippen molar-refractivity contribution in [3.8, 4) is 11.3 Å². The van der Waals surface area contributed by atoms with Crippen molar-refractivity contribution >= 4 is 44.9 Å². The largest absolute Gasteiger partial charge is 0.457 e. The number of amides is 2. The van der Waals surface area contributed by atoms with Crippen molar-refractivity contribution in [1.82, 2.24) is 4.90 Å². The van der Waals surface area contributed by atoms with Gasteiger partial charge in [-0.3, -0.25) is 14.5 Å². The van der Waals surface area contributed by atoms with Crippen LogP contribution in [0.25, 0.3) is 17.4 Å². The van der Waals surface area contributed by atoms with E-state index in [-0.39, 0.29) is 11.1 Å². The van der Waals surface area contributed by atoms with Crippen LogP contribution in [0.2, 0.25) is 0 Å². The van der Waals surface area contributed by atoms with Crippen molar-refractivity contribution in [1.29, 1.82) is 0 Å². The van der Waals surface area contributed by atoms with Crippen LogP contribution in [-0.4, -0.2) is 22.6 Å². The molecule has 0 bridgehead atoms. The van der Waals surface area contributed by atoms with Gasteiger partial charge in [0.1, 0.15) is 11.5 Å². The Morgan fingerprint density at radius 2 is 2.04 bits per heavy atom. The number of hydrogen-bond donors (Lipinski definition) is 0. The van der Waals surface area contributed by atoms with Crippen molar-refractivity contribution < 1.29 is 14.0 Å². The molecule has 23 heavy (non-hydrogen) atoms. The van der Waals surface area contributed by atoms with Gasteiger partial charge in [-0.05, 0) is 55.4 Å². The van der Waals surface area contributed by atoms with E-state index >= 15 is 0 Å². The number of carbonyl (C=O) groups is 2. The van der Waals surface area contributed by atoms with Gasteiger partial charge in [0.15, 0.2) is 0 Å². The van der Waals surface area contributed by atoms with E-state index in [0.29, 0.717) is 17.2 Å². The average molecular weight is 392 g/mol. The van der Waals surface area contributed by atoms with E-state index in [9.17, 15) is 9.59 Å². The lowest BCUT2D eigenvalue weighted by atomic mass is 10.1. The van der Waals surface area contributed by atoms with Gasteiger partial charge in [-0.15, -0.1) is 0 Å². The van der Waals surface area contributed by atoms with E-state index < -0.39 is 0 Å². The monoisotopic (exact) mass is 391 g/mol. The standard InChI is InChI=1S/C17H14BrNO3S/c1-3-19-16(20)15(23-17(19)21)9-12-5-7-14(22-12)11-4-6-13(18)10(2)8-11/h4-9H,3H2,1-2H3/b15-9-. The summed E-state index contributed by atoms with van der Waals surface area (Å²) < 4.78 is 6.83. The van der Waals surface area contributed by atoms with Crippen LogP contribution in [0.5, 0.6) is 0 Å². The van der Waals surface area contributed by atoms with E-state index in [1.807, 2.05) is 31.2 Å². The first kappa shape index (κ1) is 16.1. The molecule has 4 nitrogen and oxygen atoms in total. The SMILES string of the molecule is CCN1C(=O)S/C(=C\c2ccc(-c3ccc(Br)c(C)c3)o2)C1=O. The minimum absolute atomic E-state index is 0.237. The third-order valence-corrected chi connectivity index (χ3v) is 5.33. The van der Waals surface area contributed by atoms with Gasteiger partial charge in [0.05, 0.1) is 4.91 Å². The molecule has 0 radical (unpaired) electrons. The summed E-state index contributed by atoms with van der Waals surface area (Å²) in [6.07, 6.45) is 1.62. The summed E-state index contributed by atoms with van der Waals surface area (Å²) >= 11 is 4.42. The molecule has 1 aliphatic heterocycles. The highest BCUT2D eigenvalue weighted by Gasteiger charge is 2.33. The van der Waals surface area contributed by atoms with Crippen LogP contribution in [-0.2, 0) is 4.79 Å². The highest BCUT2D eigenvalue weighted by Crippen LogP contribution is 2.33. The fourth-order valence-electron chi connectivity index (χ4n) is 2.29. The molecule has 1 saturated heterocycles. The number of nitrogens with zero attached hydrogens (tertiary/aromatic N) is 1. The van der Waals surface area contributed by atoms with Gasteiger partial charge in [0.2, 0.25) is 0 Å². The molecule has 0 aliphatic carbocycles. The van der Waals surface area contributed by atoms with E-state index in [0.717, 1.165) is 33.1 Å². The maximum Gasteiger partial charge on any atom is 0.293 e. The fraction of sp³-hybridized carbons (Fsp3) is 0.176. The Morgan fingerprint density at radius 1 is 1.26 bits per heavy atom. The molecule has 6 heteroatoms. The zero-order chi connectivity index (χ0) is 16.6. The second-order valence-electron chi connectivity index (χ2n) is 5.09. The van der Waals surface area contributed by atoms with Crippen molar-refractivity contribution in [3.63, 3.8) is 0 Å². The molecule has 1 fully saturated rings. The number of hydrogen-bond acceptors (Lipinski definition) is 4. The molecule has 2 heterocycles. The normalized spacial score (nSPS) is 16.7. The quantitative estimate of drug-likeness (QED) is 0.684. The molecule has 118 valence electrons. The first-order chi connectivity index (χ1) is 11.0. The summed E-state index contributed by atoms with van der Waals surface area (Å²) in [6, 6.07) is 9.62. The zero-order valence-corrected chi connectivity index (χ0v) is 15.0. The van der Waals surface area contributed by atoms with Gasteiger partial charge in [0.25, 0.3) is 11.1 Å². The molecule has 0 N–H and O–H groups in total. The predicted molar refractivity (Wildman–Crippen MR) is 94.9 cm³/mol. The minimum Gasteiger partial charge on any atom is -0.457 e. The third kappa shape index (κ3) is 3.14. The zero-order valence-electron chi connectivity index (χ0n) is 12.6. The van der Waals surface area contributed by atoms with Crippen LogP contribution >= 0.6 is 27.7 Å². The summed E-state index contributed by atoms with van der Waals surface area (Å²) in [7, 11) is 0. The van der Waals surface area contributed by atoms with Crippen LogP contribution in [0, 0.1) is 6.92 Å². The summed E-state index contributed by atoms with van der Waals surface area (Å²) in [4.78, 5) is 25.4. The number of benzene rings is 1. The van der Waals surface area contributed by atoms with Gasteiger partial charge in [0, 0.05) is 22.7 Å². The molecular weight excluding hydrogens is 378 g/mol. The Balaban J connectivity index is 1.88. The van der Waals surface area contributed by atoms with Gasteiger partial charge in [-0.1, -0.05) is 22.0 Å². The molecule has 2 aromatic rings. The molecule has 1 aromatic heterocycles. The van der Waals surface area contributed by atoms with Crippen molar-refractivity contribution in [2.45, 2.75) is 13.8 Å². The molecule has 1 aromatic carbocycles. The predicted octanol–water partition coefficient (Wildman–Crippen LogP) is 5.07. The van der Waals surface area contributed by atoms with Crippen LogP contribution in [0.1, 0.15) is 18.2 Å². The molecule has 1 aliphatic rings. The molecule has 2 amide bonds. The molecular formula is C17H14BrNO3S. The lowest BCUT2D eigenvalue weighted by molar-refractivity contribution is -0.122. The molecule has 0 saturated carbocycles. The topological polar surface area (TPSA) is 50.5 Å². The maximum atomic E-state index is 12.1. The van der Waals surface area contributed by atoms with Gasteiger partial charge < -0.3 is 4.42 Å². The smallest absolute Gasteiger partial charge is 0.293 e. The number of thioether (sulfide) groups is 1. The summed E-state index contributed by atoms with van der Waals surface area (Å²) in [6.45, 7) is 4.17. The second-order valence-corrected chi connectivity index (χ2v) is 6.94. The summed E-state index contributed by atoms with van der Waals surface area (Å²) in [5.74, 6) is 1.02. The average Bonchev–Trinajstić information content (AvgIpc) is 3.08. The number of carbonyl (C=O) groups excluding carboxylic acids is 2. The minimum atomic E-state index is -0.264. The second kappa shape index (κ2) is 6.37. The van der Waals surface area contributed by atoms with E-state index in [4.69, 9.17) is 4.42 Å². The van der Waals surface area contributed by atoms with Crippen molar-refractivity contribution in [2.75, 3.05) is 6.54 Å². The molecule has 0 atom stereocenters. The first-order valence-corrected chi connectivity index (χ1v) is 8.72. The Hall–Kier alpha value is -1.79. The van der Waals surface area contributed by atoms with Crippen LogP contribution in [0.4, 0.5) is 4.79 Å². The van der Waals surface area contributed by atoms with Crippen molar-refractivity contribution in [2.24, 2.45) is 0 Å². The van der Waals surface area contributed by atoms with E-state index in [2.05, 4.69) is 15.9 Å². The first-order valence-electron chi connectivity index (χ1n) is 7.11. The molecule has 0 spiro atoms. The lowest BCUT2D eigenvalue weighted by Crippen LogP contribution is -2.27. The van der Waals surface area contributed by atoms with E-state index in [1.54, 1.807) is 19.1 Å². The highest BCUT2D eigenvalue weighted by molar-refractivity contribution is 9.10.